The monoisotopic (exact) mass is 592 g/mol. The number of aromatic amines is 1. The Morgan fingerprint density at radius 3 is 2.50 bits per heavy atom. The lowest BCUT2D eigenvalue weighted by Crippen LogP contribution is -2.50. The van der Waals surface area contributed by atoms with Crippen LogP contribution in [0.3, 0.4) is 0 Å². The first-order valence-electron chi connectivity index (χ1n) is 13.8. The van der Waals surface area contributed by atoms with Crippen LogP contribution < -0.4 is 16.8 Å². The second-order valence-electron chi connectivity index (χ2n) is 9.89. The number of carbonyl (C=O) groups is 1. The molecule has 0 saturated heterocycles. The van der Waals surface area contributed by atoms with Gasteiger partial charge in [0.05, 0.1) is 12.8 Å². The molecule has 0 spiro atoms. The molecule has 6 N–H and O–H groups in total. The van der Waals surface area contributed by atoms with E-state index in [2.05, 4.69) is 62.1 Å². The van der Waals surface area contributed by atoms with Gasteiger partial charge in [-0.05, 0) is 48.2 Å². The van der Waals surface area contributed by atoms with Crippen LogP contribution in [0.1, 0.15) is 49.7 Å². The number of unbranched alkanes of at least 4 members (excludes halogenated alkanes) is 1. The molecule has 4 rings (SSSR count). The summed E-state index contributed by atoms with van der Waals surface area (Å²) in [6, 6.07) is 16.1. The zero-order valence-electron chi connectivity index (χ0n) is 24.1. The third-order valence-corrected chi connectivity index (χ3v) is 7.51. The molecule has 42 heavy (non-hydrogen) atoms. The summed E-state index contributed by atoms with van der Waals surface area (Å²) < 4.78 is 7.33. The van der Waals surface area contributed by atoms with Crippen LogP contribution in [-0.4, -0.2) is 62.8 Å². The maximum absolute atomic E-state index is 13.4. The number of likely N-dealkylation sites (N-methyl/N-ethyl adjacent to an activating group) is 1. The molecule has 0 saturated carbocycles. The fourth-order valence-electron chi connectivity index (χ4n) is 5.14. The highest BCUT2D eigenvalue weighted by Gasteiger charge is 2.45. The summed E-state index contributed by atoms with van der Waals surface area (Å²) >= 11 is 6.83. The number of nitrogens with two attached hydrogens (primary N) is 2. The number of rotatable bonds is 14. The van der Waals surface area contributed by atoms with Crippen molar-refractivity contribution < 1.29 is 9.53 Å². The molecular formula is C29H37ClN10O2. The number of nitrogens with zero attached hydrogens (tertiary/aromatic N) is 6. The Kier molecular flexibility index (Phi) is 10.3. The summed E-state index contributed by atoms with van der Waals surface area (Å²) in [5.41, 5.74) is 14.2. The normalized spacial score (nSPS) is 12.6. The first-order valence-corrected chi connectivity index (χ1v) is 14.2. The van der Waals surface area contributed by atoms with Crippen LogP contribution in [0.25, 0.3) is 22.5 Å². The number of methoxy groups -OCH3 is 1. The van der Waals surface area contributed by atoms with Gasteiger partial charge in [-0.1, -0.05) is 73.5 Å². The lowest BCUT2D eigenvalue weighted by molar-refractivity contribution is -0.149. The third-order valence-electron chi connectivity index (χ3n) is 7.25. The molecule has 0 aliphatic heterocycles. The second-order valence-corrected chi connectivity index (χ2v) is 10.3. The number of ether oxygens (including phenoxy) is 1. The molecule has 0 aliphatic rings. The van der Waals surface area contributed by atoms with Crippen molar-refractivity contribution in [2.45, 2.75) is 51.1 Å². The van der Waals surface area contributed by atoms with E-state index in [0.717, 1.165) is 40.9 Å². The number of hydrogen-bond acceptors (Lipinski definition) is 8. The van der Waals surface area contributed by atoms with E-state index in [-0.39, 0.29) is 11.1 Å². The number of halogens is 1. The Morgan fingerprint density at radius 1 is 1.14 bits per heavy atom. The van der Waals surface area contributed by atoms with E-state index < -0.39 is 11.5 Å². The molecule has 13 heteroatoms. The molecule has 0 fully saturated rings. The lowest BCUT2D eigenvalue weighted by atomic mass is 9.89. The van der Waals surface area contributed by atoms with Crippen LogP contribution in [0.5, 0.6) is 0 Å². The highest BCUT2D eigenvalue weighted by molar-refractivity contribution is 6.30. The minimum Gasteiger partial charge on any atom is -0.467 e. The molecule has 0 radical (unpaired) electrons. The summed E-state index contributed by atoms with van der Waals surface area (Å²) in [5, 5.41) is 18.0. The minimum absolute atomic E-state index is 0.00332. The molecular weight excluding hydrogens is 556 g/mol. The average Bonchev–Trinajstić information content (AvgIpc) is 3.65. The molecule has 0 unspecified atom stereocenters. The number of benzene rings is 2. The van der Waals surface area contributed by atoms with E-state index in [4.69, 9.17) is 32.8 Å². The standard InChI is InChI=1S/C29H37ClN10O2/c1-4-5-11-23-35-25(30)24(29(33-2,27(41)42-3)16-8-17-34-28(31)32)40(23)18-19-12-14-20(15-13-19)21-9-6-7-10-22(21)26-36-38-39-37-26/h6-7,9-10,12-15,33H,4-5,8,11,16-18H2,1-3H3,(H4,31,32,34)(H,36,37,38,39)/t29-/m0/s1. The molecule has 0 amide bonds. The van der Waals surface area contributed by atoms with Gasteiger partial charge >= 0.3 is 5.97 Å². The van der Waals surface area contributed by atoms with Gasteiger partial charge in [0.2, 0.25) is 5.82 Å². The zero-order chi connectivity index (χ0) is 30.1. The van der Waals surface area contributed by atoms with Crippen molar-refractivity contribution >= 4 is 23.5 Å². The van der Waals surface area contributed by atoms with Gasteiger partial charge in [0.25, 0.3) is 0 Å². The molecule has 2 aromatic carbocycles. The van der Waals surface area contributed by atoms with Gasteiger partial charge in [0.15, 0.2) is 16.7 Å². The Bertz CT molecular complexity index is 1500. The average molecular weight is 593 g/mol. The quantitative estimate of drug-likeness (QED) is 0.0739. The van der Waals surface area contributed by atoms with E-state index in [1.165, 1.54) is 7.11 Å². The predicted octanol–water partition coefficient (Wildman–Crippen LogP) is 3.42. The molecule has 222 valence electrons. The zero-order valence-corrected chi connectivity index (χ0v) is 24.9. The summed E-state index contributed by atoms with van der Waals surface area (Å²) in [6.07, 6.45) is 3.47. The molecule has 2 aromatic heterocycles. The van der Waals surface area contributed by atoms with E-state index in [1.54, 1.807) is 7.05 Å². The van der Waals surface area contributed by atoms with Gasteiger partial charge in [0.1, 0.15) is 5.82 Å². The van der Waals surface area contributed by atoms with Crippen LogP contribution in [-0.2, 0) is 28.0 Å². The van der Waals surface area contributed by atoms with E-state index >= 15 is 0 Å². The Labute approximate surface area is 249 Å². The maximum Gasteiger partial charge on any atom is 0.332 e. The molecule has 0 bridgehead atoms. The van der Waals surface area contributed by atoms with Crippen molar-refractivity contribution in [3.63, 3.8) is 0 Å². The Balaban J connectivity index is 1.73. The van der Waals surface area contributed by atoms with Crippen LogP contribution in [0.15, 0.2) is 53.5 Å². The molecule has 4 aromatic rings. The summed E-state index contributed by atoms with van der Waals surface area (Å²) in [6.45, 7) is 2.93. The van der Waals surface area contributed by atoms with Crippen molar-refractivity contribution in [3.05, 3.63) is 70.8 Å². The van der Waals surface area contributed by atoms with Crippen LogP contribution >= 0.6 is 11.6 Å². The highest BCUT2D eigenvalue weighted by atomic mass is 35.5. The van der Waals surface area contributed by atoms with Crippen LogP contribution in [0.2, 0.25) is 5.15 Å². The molecule has 1 atom stereocenters. The number of nitrogens with one attached hydrogen (secondary N) is 2. The number of carbonyl (C=O) groups excluding carboxylic acids is 1. The van der Waals surface area contributed by atoms with Gasteiger partial charge in [-0.25, -0.2) is 9.78 Å². The predicted molar refractivity (Wildman–Crippen MR) is 163 cm³/mol. The van der Waals surface area contributed by atoms with E-state index in [9.17, 15) is 4.79 Å². The van der Waals surface area contributed by atoms with Crippen LogP contribution in [0, 0.1) is 0 Å². The van der Waals surface area contributed by atoms with Crippen molar-refractivity contribution in [2.24, 2.45) is 16.5 Å². The first kappa shape index (κ1) is 30.7. The topological polar surface area (TPSA) is 175 Å². The molecule has 12 nitrogen and oxygen atoms in total. The molecule has 0 aliphatic carbocycles. The lowest BCUT2D eigenvalue weighted by Gasteiger charge is -2.32. The largest absolute Gasteiger partial charge is 0.467 e. The number of hydrogen-bond donors (Lipinski definition) is 4. The van der Waals surface area contributed by atoms with Crippen molar-refractivity contribution in [2.75, 3.05) is 20.7 Å². The van der Waals surface area contributed by atoms with E-state index in [1.807, 2.05) is 28.8 Å². The van der Waals surface area contributed by atoms with Gasteiger partial charge in [-0.15, -0.1) is 10.2 Å². The maximum atomic E-state index is 13.4. The van der Waals surface area contributed by atoms with Crippen molar-refractivity contribution in [1.82, 2.24) is 35.5 Å². The molecule has 2 heterocycles. The number of guanidine groups is 1. The minimum atomic E-state index is -1.26. The highest BCUT2D eigenvalue weighted by Crippen LogP contribution is 2.36. The van der Waals surface area contributed by atoms with Gasteiger partial charge < -0.3 is 20.8 Å². The van der Waals surface area contributed by atoms with E-state index in [0.29, 0.717) is 43.9 Å². The number of aromatic nitrogens is 6. The fraction of sp³-hybridized carbons (Fsp3) is 0.379. The summed E-state index contributed by atoms with van der Waals surface area (Å²) in [7, 11) is 3.08. The SMILES string of the molecule is CCCCc1nc(Cl)c([C@](CCCN=C(N)N)(NC)C(=O)OC)n1Cc1ccc(-c2ccccc2-c2nn[nH]n2)cc1. The Morgan fingerprint density at radius 2 is 1.88 bits per heavy atom. The first-order chi connectivity index (χ1) is 20.3. The fourth-order valence-corrected chi connectivity index (χ4v) is 5.50. The number of esters is 1. The second kappa shape index (κ2) is 14.1. The van der Waals surface area contributed by atoms with Crippen molar-refractivity contribution in [1.29, 1.82) is 0 Å². The number of aryl methyl sites for hydroxylation is 1. The van der Waals surface area contributed by atoms with Gasteiger partial charge in [0, 0.05) is 25.1 Å². The summed E-state index contributed by atoms with van der Waals surface area (Å²) in [4.78, 5) is 22.2. The van der Waals surface area contributed by atoms with Gasteiger partial charge in [-0.2, -0.15) is 5.21 Å². The Hall–Kier alpha value is -4.29. The van der Waals surface area contributed by atoms with Crippen molar-refractivity contribution in [3.8, 4) is 22.5 Å². The third kappa shape index (κ3) is 6.60. The smallest absolute Gasteiger partial charge is 0.332 e. The number of imidazole rings is 1. The number of H-pyrrole nitrogens is 1. The number of tetrazole rings is 1. The van der Waals surface area contributed by atoms with Crippen LogP contribution in [0.4, 0.5) is 0 Å². The number of aliphatic imine (C=N–C) groups is 1. The van der Waals surface area contributed by atoms with Gasteiger partial charge in [-0.3, -0.25) is 10.3 Å². The summed E-state index contributed by atoms with van der Waals surface area (Å²) in [5.74, 6) is 0.861.